The molecule has 0 spiro atoms. The average molecular weight is 291 g/mol. The summed E-state index contributed by atoms with van der Waals surface area (Å²) in [6, 6.07) is 18.1. The first-order chi connectivity index (χ1) is 8.74. The summed E-state index contributed by atoms with van der Waals surface area (Å²) < 4.78 is 0. The molecule has 0 heterocycles. The van der Waals surface area contributed by atoms with Crippen molar-refractivity contribution in [1.29, 1.82) is 0 Å². The van der Waals surface area contributed by atoms with Gasteiger partial charge in [-0.15, -0.1) is 23.5 Å². The molecule has 18 heavy (non-hydrogen) atoms. The second-order valence-electron chi connectivity index (χ2n) is 4.27. The second kappa shape index (κ2) is 6.50. The first-order valence-corrected chi connectivity index (χ1v) is 10.8. The Labute approximate surface area is 120 Å². The van der Waals surface area contributed by atoms with Gasteiger partial charge in [-0.05, 0) is 36.8 Å². The van der Waals surface area contributed by atoms with E-state index in [-0.39, 0.29) is 0 Å². The van der Waals surface area contributed by atoms with Crippen molar-refractivity contribution < 1.29 is 0 Å². The molecule has 2 aromatic rings. The maximum atomic E-state index is 2.40. The zero-order valence-electron chi connectivity index (χ0n) is 11.0. The standard InChI is InChI=1S/C15H18S2Si/c1-16-12-4-8-14(9-5-12)18(3)15-10-6-13(17-2)7-11-15/h4-11,18H,1-3H3. The highest BCUT2D eigenvalue weighted by Gasteiger charge is 2.09. The lowest BCUT2D eigenvalue weighted by Gasteiger charge is -2.12. The Morgan fingerprint density at radius 2 is 1.00 bits per heavy atom. The lowest BCUT2D eigenvalue weighted by atomic mass is 10.4. The topological polar surface area (TPSA) is 0 Å². The molecule has 0 radical (unpaired) electrons. The van der Waals surface area contributed by atoms with Gasteiger partial charge in [-0.2, -0.15) is 0 Å². The van der Waals surface area contributed by atoms with Gasteiger partial charge in [0.15, 0.2) is 0 Å². The SMILES string of the molecule is CSc1ccc([SiH](C)c2ccc(SC)cc2)cc1. The summed E-state index contributed by atoms with van der Waals surface area (Å²) in [4.78, 5) is 2.69. The van der Waals surface area contributed by atoms with Crippen LogP contribution in [0.1, 0.15) is 0 Å². The highest BCUT2D eigenvalue weighted by Crippen LogP contribution is 2.13. The first-order valence-electron chi connectivity index (χ1n) is 6.02. The lowest BCUT2D eigenvalue weighted by molar-refractivity contribution is 1.48. The monoisotopic (exact) mass is 290 g/mol. The molecule has 0 saturated heterocycles. The van der Waals surface area contributed by atoms with Crippen molar-refractivity contribution in [3.8, 4) is 0 Å². The number of thioether (sulfide) groups is 2. The maximum Gasteiger partial charge on any atom is 0.0997 e. The van der Waals surface area contributed by atoms with Crippen LogP contribution in [0.5, 0.6) is 0 Å². The van der Waals surface area contributed by atoms with Crippen LogP contribution in [-0.4, -0.2) is 21.3 Å². The average Bonchev–Trinajstić information content (AvgIpc) is 2.47. The van der Waals surface area contributed by atoms with Gasteiger partial charge in [0.1, 0.15) is 0 Å². The summed E-state index contributed by atoms with van der Waals surface area (Å²) >= 11 is 3.61. The number of benzene rings is 2. The number of rotatable bonds is 4. The lowest BCUT2D eigenvalue weighted by Crippen LogP contribution is -2.38. The van der Waals surface area contributed by atoms with E-state index in [0.29, 0.717) is 0 Å². The summed E-state index contributed by atoms with van der Waals surface area (Å²) in [5.74, 6) is 0. The molecule has 0 N–H and O–H groups in total. The van der Waals surface area contributed by atoms with Crippen LogP contribution in [0.3, 0.4) is 0 Å². The summed E-state index contributed by atoms with van der Waals surface area (Å²) in [5, 5.41) is 3.04. The van der Waals surface area contributed by atoms with Crippen molar-refractivity contribution in [2.75, 3.05) is 12.5 Å². The van der Waals surface area contributed by atoms with Crippen molar-refractivity contribution in [2.45, 2.75) is 16.3 Å². The van der Waals surface area contributed by atoms with Crippen LogP contribution in [0.15, 0.2) is 58.3 Å². The van der Waals surface area contributed by atoms with E-state index in [9.17, 15) is 0 Å². The highest BCUT2D eigenvalue weighted by atomic mass is 32.2. The molecule has 0 bridgehead atoms. The van der Waals surface area contributed by atoms with E-state index >= 15 is 0 Å². The van der Waals surface area contributed by atoms with Crippen LogP contribution < -0.4 is 10.4 Å². The van der Waals surface area contributed by atoms with Crippen LogP contribution in [0, 0.1) is 0 Å². The first kappa shape index (κ1) is 13.8. The maximum absolute atomic E-state index is 2.40. The molecule has 0 nitrogen and oxygen atoms in total. The molecule has 3 heteroatoms. The normalized spacial score (nSPS) is 10.9. The third kappa shape index (κ3) is 3.22. The molecule has 0 aromatic heterocycles. The van der Waals surface area contributed by atoms with Crippen molar-refractivity contribution in [3.05, 3.63) is 48.5 Å². The minimum Gasteiger partial charge on any atom is -0.130 e. The molecular formula is C15H18S2Si. The largest absolute Gasteiger partial charge is 0.130 e. The van der Waals surface area contributed by atoms with Gasteiger partial charge >= 0.3 is 0 Å². The van der Waals surface area contributed by atoms with Crippen molar-refractivity contribution >= 4 is 42.7 Å². The quantitative estimate of drug-likeness (QED) is 0.627. The predicted octanol–water partition coefficient (Wildman–Crippen LogP) is 3.10. The Hall–Kier alpha value is -0.643. The van der Waals surface area contributed by atoms with Gasteiger partial charge < -0.3 is 0 Å². The molecule has 2 rings (SSSR count). The molecule has 0 aliphatic rings. The molecule has 0 amide bonds. The molecule has 94 valence electrons. The van der Waals surface area contributed by atoms with Gasteiger partial charge in [-0.1, -0.05) is 41.2 Å². The van der Waals surface area contributed by atoms with Crippen LogP contribution >= 0.6 is 23.5 Å². The molecule has 0 fully saturated rings. The van der Waals surface area contributed by atoms with Crippen molar-refractivity contribution in [2.24, 2.45) is 0 Å². The van der Waals surface area contributed by atoms with E-state index in [1.54, 1.807) is 23.5 Å². The minimum absolute atomic E-state index is 1.00. The Bertz CT molecular complexity index is 443. The third-order valence-electron chi connectivity index (χ3n) is 3.23. The summed E-state index contributed by atoms with van der Waals surface area (Å²) in [7, 11) is -1.00. The van der Waals surface area contributed by atoms with Gasteiger partial charge in [0, 0.05) is 9.79 Å². The molecule has 0 unspecified atom stereocenters. The van der Waals surface area contributed by atoms with E-state index in [1.807, 2.05) is 0 Å². The van der Waals surface area contributed by atoms with Gasteiger partial charge in [0.25, 0.3) is 0 Å². The van der Waals surface area contributed by atoms with Crippen LogP contribution in [0.2, 0.25) is 6.55 Å². The smallest absolute Gasteiger partial charge is 0.0997 e. The zero-order chi connectivity index (χ0) is 13.0. The number of hydrogen-bond donors (Lipinski definition) is 0. The molecule has 0 aliphatic heterocycles. The zero-order valence-corrected chi connectivity index (χ0v) is 13.8. The van der Waals surface area contributed by atoms with E-state index in [4.69, 9.17) is 0 Å². The van der Waals surface area contributed by atoms with Crippen LogP contribution in [0.4, 0.5) is 0 Å². The highest BCUT2D eigenvalue weighted by molar-refractivity contribution is 7.98. The fourth-order valence-electron chi connectivity index (χ4n) is 1.98. The molecule has 2 aromatic carbocycles. The van der Waals surface area contributed by atoms with Crippen molar-refractivity contribution in [3.63, 3.8) is 0 Å². The summed E-state index contributed by atoms with van der Waals surface area (Å²) in [6.45, 7) is 2.40. The minimum atomic E-state index is -1.00. The second-order valence-corrected chi connectivity index (χ2v) is 8.80. The van der Waals surface area contributed by atoms with Gasteiger partial charge in [0.2, 0.25) is 0 Å². The Morgan fingerprint density at radius 3 is 1.28 bits per heavy atom. The Balaban J connectivity index is 2.20. The van der Waals surface area contributed by atoms with E-state index in [0.717, 1.165) is 0 Å². The molecule has 0 aliphatic carbocycles. The summed E-state index contributed by atoms with van der Waals surface area (Å²) in [5.41, 5.74) is 0. The van der Waals surface area contributed by atoms with Gasteiger partial charge in [-0.3, -0.25) is 0 Å². The molecular weight excluding hydrogens is 272 g/mol. The van der Waals surface area contributed by atoms with E-state index in [1.165, 1.54) is 20.2 Å². The fraction of sp³-hybridized carbons (Fsp3) is 0.200. The predicted molar refractivity (Wildman–Crippen MR) is 88.7 cm³/mol. The van der Waals surface area contributed by atoms with Crippen LogP contribution in [-0.2, 0) is 0 Å². The molecule has 0 atom stereocenters. The Morgan fingerprint density at radius 1 is 0.667 bits per heavy atom. The van der Waals surface area contributed by atoms with Crippen LogP contribution in [0.25, 0.3) is 0 Å². The Kier molecular flexibility index (Phi) is 4.98. The third-order valence-corrected chi connectivity index (χ3v) is 7.49. The fourth-order valence-corrected chi connectivity index (χ4v) is 4.72. The van der Waals surface area contributed by atoms with Gasteiger partial charge in [0.05, 0.1) is 8.80 Å². The van der Waals surface area contributed by atoms with E-state index in [2.05, 4.69) is 67.6 Å². The van der Waals surface area contributed by atoms with Gasteiger partial charge in [-0.25, -0.2) is 0 Å². The molecule has 0 saturated carbocycles. The van der Waals surface area contributed by atoms with Crippen molar-refractivity contribution in [1.82, 2.24) is 0 Å². The van der Waals surface area contributed by atoms with E-state index < -0.39 is 8.80 Å². The summed E-state index contributed by atoms with van der Waals surface area (Å²) in [6.07, 6.45) is 4.24. The number of hydrogen-bond acceptors (Lipinski definition) is 2.